The molecule has 1 saturated carbocycles. The second-order valence-corrected chi connectivity index (χ2v) is 4.66. The van der Waals surface area contributed by atoms with Gasteiger partial charge in [0, 0.05) is 7.11 Å². The maximum Gasteiger partial charge on any atom is 0.0601 e. The molecule has 0 aliphatic heterocycles. The molecular weight excluding hydrogens is 136 g/mol. The van der Waals surface area contributed by atoms with Crippen molar-refractivity contribution in [2.45, 2.75) is 46.1 Å². The Hall–Kier alpha value is -0.0400. The van der Waals surface area contributed by atoms with Crippen molar-refractivity contribution in [1.29, 1.82) is 0 Å². The first kappa shape index (κ1) is 9.05. The zero-order valence-corrected chi connectivity index (χ0v) is 8.18. The fourth-order valence-corrected chi connectivity index (χ4v) is 1.97. The minimum absolute atomic E-state index is 0.499. The predicted molar refractivity (Wildman–Crippen MR) is 47.6 cm³/mol. The van der Waals surface area contributed by atoms with Crippen LogP contribution in [-0.2, 0) is 4.74 Å². The van der Waals surface area contributed by atoms with Crippen LogP contribution in [-0.4, -0.2) is 13.2 Å². The van der Waals surface area contributed by atoms with Crippen LogP contribution in [0.4, 0.5) is 0 Å². The maximum absolute atomic E-state index is 5.44. The highest BCUT2D eigenvalue weighted by molar-refractivity contribution is 4.83. The Bertz CT molecular complexity index is 129. The molecule has 1 aliphatic rings. The largest absolute Gasteiger partial charge is 0.381 e. The van der Waals surface area contributed by atoms with Crippen LogP contribution < -0.4 is 0 Å². The van der Waals surface area contributed by atoms with Gasteiger partial charge in [0.2, 0.25) is 0 Å². The summed E-state index contributed by atoms with van der Waals surface area (Å²) in [6.07, 6.45) is 4.41. The van der Waals surface area contributed by atoms with E-state index >= 15 is 0 Å². The molecule has 0 N–H and O–H groups in total. The quantitative estimate of drug-likeness (QED) is 0.567. The minimum atomic E-state index is 0.499. The van der Waals surface area contributed by atoms with Gasteiger partial charge in [0.1, 0.15) is 0 Å². The van der Waals surface area contributed by atoms with E-state index in [1.807, 2.05) is 7.11 Å². The van der Waals surface area contributed by atoms with Crippen LogP contribution in [0.5, 0.6) is 0 Å². The molecular formula is C10H20O. The van der Waals surface area contributed by atoms with Gasteiger partial charge < -0.3 is 4.74 Å². The zero-order valence-electron chi connectivity index (χ0n) is 8.18. The Morgan fingerprint density at radius 1 is 1.36 bits per heavy atom. The molecule has 0 bridgehead atoms. The molecule has 0 aromatic heterocycles. The first-order valence-electron chi connectivity index (χ1n) is 4.58. The van der Waals surface area contributed by atoms with Crippen molar-refractivity contribution in [3.8, 4) is 0 Å². The fraction of sp³-hybridized carbons (Fsp3) is 1.00. The third-order valence-electron chi connectivity index (χ3n) is 2.97. The lowest BCUT2D eigenvalue weighted by Gasteiger charge is -2.38. The van der Waals surface area contributed by atoms with E-state index < -0.39 is 0 Å². The summed E-state index contributed by atoms with van der Waals surface area (Å²) in [5.41, 5.74) is 0.507. The van der Waals surface area contributed by atoms with E-state index in [0.29, 0.717) is 11.5 Å². The summed E-state index contributed by atoms with van der Waals surface area (Å²) in [5.74, 6) is 0.757. The highest BCUT2D eigenvalue weighted by atomic mass is 16.5. The molecule has 1 nitrogen and oxygen atoms in total. The van der Waals surface area contributed by atoms with E-state index in [1.165, 1.54) is 19.3 Å². The standard InChI is InChI=1S/C10H20O/c1-8-5-6-10(2,3)7-9(8)11-4/h8-9H,5-7H2,1-4H3. The normalized spacial score (nSPS) is 37.1. The highest BCUT2D eigenvalue weighted by Gasteiger charge is 2.32. The van der Waals surface area contributed by atoms with Crippen LogP contribution in [0.1, 0.15) is 40.0 Å². The van der Waals surface area contributed by atoms with Gasteiger partial charge in [0.05, 0.1) is 6.10 Å². The molecule has 2 atom stereocenters. The SMILES string of the molecule is COC1CC(C)(C)CCC1C. The van der Waals surface area contributed by atoms with Gasteiger partial charge in [-0.05, 0) is 30.6 Å². The van der Waals surface area contributed by atoms with E-state index in [2.05, 4.69) is 20.8 Å². The Morgan fingerprint density at radius 2 is 2.00 bits per heavy atom. The van der Waals surface area contributed by atoms with Gasteiger partial charge in [-0.15, -0.1) is 0 Å². The van der Waals surface area contributed by atoms with Crippen LogP contribution in [0.2, 0.25) is 0 Å². The first-order valence-corrected chi connectivity index (χ1v) is 4.58. The molecule has 66 valence electrons. The molecule has 0 heterocycles. The van der Waals surface area contributed by atoms with Crippen LogP contribution >= 0.6 is 0 Å². The molecule has 1 fully saturated rings. The number of ether oxygens (including phenoxy) is 1. The molecule has 1 rings (SSSR count). The lowest BCUT2D eigenvalue weighted by atomic mass is 9.72. The minimum Gasteiger partial charge on any atom is -0.381 e. The summed E-state index contributed by atoms with van der Waals surface area (Å²) in [5, 5.41) is 0. The molecule has 0 radical (unpaired) electrons. The Morgan fingerprint density at radius 3 is 2.45 bits per heavy atom. The van der Waals surface area contributed by atoms with Crippen molar-refractivity contribution in [3.05, 3.63) is 0 Å². The molecule has 0 aromatic rings. The lowest BCUT2D eigenvalue weighted by molar-refractivity contribution is -0.0112. The van der Waals surface area contributed by atoms with Crippen LogP contribution in [0.15, 0.2) is 0 Å². The topological polar surface area (TPSA) is 9.23 Å². The first-order chi connectivity index (χ1) is 5.05. The van der Waals surface area contributed by atoms with Crippen molar-refractivity contribution in [2.75, 3.05) is 7.11 Å². The van der Waals surface area contributed by atoms with Gasteiger partial charge in [-0.25, -0.2) is 0 Å². The summed E-state index contributed by atoms with van der Waals surface area (Å²) >= 11 is 0. The molecule has 0 amide bonds. The Labute approximate surface area is 70.1 Å². The van der Waals surface area contributed by atoms with E-state index in [0.717, 1.165) is 5.92 Å². The van der Waals surface area contributed by atoms with E-state index in [4.69, 9.17) is 4.74 Å². The van der Waals surface area contributed by atoms with Crippen molar-refractivity contribution in [2.24, 2.45) is 11.3 Å². The van der Waals surface area contributed by atoms with Gasteiger partial charge in [-0.2, -0.15) is 0 Å². The van der Waals surface area contributed by atoms with E-state index in [1.54, 1.807) is 0 Å². The smallest absolute Gasteiger partial charge is 0.0601 e. The highest BCUT2D eigenvalue weighted by Crippen LogP contribution is 2.38. The van der Waals surface area contributed by atoms with Gasteiger partial charge >= 0.3 is 0 Å². The van der Waals surface area contributed by atoms with Crippen LogP contribution in [0.3, 0.4) is 0 Å². The summed E-state index contributed by atoms with van der Waals surface area (Å²) < 4.78 is 5.44. The second-order valence-electron chi connectivity index (χ2n) is 4.66. The molecule has 2 unspecified atom stereocenters. The molecule has 11 heavy (non-hydrogen) atoms. The van der Waals surface area contributed by atoms with E-state index in [9.17, 15) is 0 Å². The summed E-state index contributed by atoms with van der Waals surface area (Å²) in [7, 11) is 1.84. The van der Waals surface area contributed by atoms with Crippen molar-refractivity contribution >= 4 is 0 Å². The Balaban J connectivity index is 2.51. The maximum atomic E-state index is 5.44. The molecule has 1 aliphatic carbocycles. The summed E-state index contributed by atoms with van der Waals surface area (Å²) in [6, 6.07) is 0. The van der Waals surface area contributed by atoms with Crippen molar-refractivity contribution in [3.63, 3.8) is 0 Å². The third kappa shape index (κ3) is 2.19. The third-order valence-corrected chi connectivity index (χ3v) is 2.97. The van der Waals surface area contributed by atoms with Gasteiger partial charge in [-0.3, -0.25) is 0 Å². The average molecular weight is 156 g/mol. The summed E-state index contributed by atoms with van der Waals surface area (Å²) in [6.45, 7) is 6.97. The molecule has 0 aromatic carbocycles. The fourth-order valence-electron chi connectivity index (χ4n) is 1.97. The van der Waals surface area contributed by atoms with E-state index in [-0.39, 0.29) is 0 Å². The number of rotatable bonds is 1. The summed E-state index contributed by atoms with van der Waals surface area (Å²) in [4.78, 5) is 0. The van der Waals surface area contributed by atoms with Crippen molar-refractivity contribution in [1.82, 2.24) is 0 Å². The molecule has 1 heteroatoms. The monoisotopic (exact) mass is 156 g/mol. The molecule has 0 spiro atoms. The van der Waals surface area contributed by atoms with Gasteiger partial charge in [-0.1, -0.05) is 20.8 Å². The van der Waals surface area contributed by atoms with Gasteiger partial charge in [0.25, 0.3) is 0 Å². The zero-order chi connectivity index (χ0) is 8.48. The molecule has 0 saturated heterocycles. The number of hydrogen-bond donors (Lipinski definition) is 0. The second kappa shape index (κ2) is 3.14. The Kier molecular flexibility index (Phi) is 2.58. The van der Waals surface area contributed by atoms with Crippen LogP contribution in [0.25, 0.3) is 0 Å². The average Bonchev–Trinajstić information content (AvgIpc) is 1.94. The van der Waals surface area contributed by atoms with Crippen LogP contribution in [0, 0.1) is 11.3 Å². The van der Waals surface area contributed by atoms with Crippen molar-refractivity contribution < 1.29 is 4.74 Å². The number of hydrogen-bond acceptors (Lipinski definition) is 1. The predicted octanol–water partition coefficient (Wildman–Crippen LogP) is 2.85. The lowest BCUT2D eigenvalue weighted by Crippen LogP contribution is -2.33. The number of methoxy groups -OCH3 is 1. The van der Waals surface area contributed by atoms with Gasteiger partial charge in [0.15, 0.2) is 0 Å².